The number of hydrogen-bond donors (Lipinski definition) is 0. The molecule has 2 aromatic heterocycles. The van der Waals surface area contributed by atoms with Gasteiger partial charge in [0.15, 0.2) is 11.0 Å². The van der Waals surface area contributed by atoms with Crippen molar-refractivity contribution >= 4 is 34.7 Å². The molecule has 24 heavy (non-hydrogen) atoms. The number of alkyl halides is 1. The van der Waals surface area contributed by atoms with Gasteiger partial charge in [-0.3, -0.25) is 4.79 Å². The van der Waals surface area contributed by atoms with Gasteiger partial charge >= 0.3 is 0 Å². The Morgan fingerprint density at radius 2 is 2.00 bits per heavy atom. The Labute approximate surface area is 147 Å². The van der Waals surface area contributed by atoms with Gasteiger partial charge < -0.3 is 9.47 Å². The van der Waals surface area contributed by atoms with Crippen LogP contribution < -0.4 is 4.90 Å². The Morgan fingerprint density at radius 1 is 1.25 bits per heavy atom. The molecule has 0 bridgehead atoms. The fourth-order valence-corrected chi connectivity index (χ4v) is 3.63. The monoisotopic (exact) mass is 362 g/mol. The van der Waals surface area contributed by atoms with E-state index in [4.69, 9.17) is 0 Å². The summed E-state index contributed by atoms with van der Waals surface area (Å²) in [5, 5.41) is 10.4. The topological polar surface area (TPSA) is 51.0 Å². The van der Waals surface area contributed by atoms with Crippen molar-refractivity contribution in [3.63, 3.8) is 0 Å². The first kappa shape index (κ1) is 16.7. The number of thiophene rings is 1. The Morgan fingerprint density at radius 3 is 2.67 bits per heavy atom. The van der Waals surface area contributed by atoms with E-state index in [2.05, 4.69) is 10.2 Å². The number of amides is 1. The number of halogens is 1. The summed E-state index contributed by atoms with van der Waals surface area (Å²) < 4.78 is 16.1. The molecule has 0 spiro atoms. The molecule has 0 aliphatic carbocycles. The SMILES string of the molecule is CN(C(=O)C(F)Sc1nnc(-c2cccs2)n1C)c1ccccc1. The van der Waals surface area contributed by atoms with E-state index in [1.165, 1.54) is 16.2 Å². The molecule has 2 heterocycles. The molecule has 124 valence electrons. The predicted octanol–water partition coefficient (Wildman–Crippen LogP) is 3.59. The van der Waals surface area contributed by atoms with Crippen LogP contribution in [-0.4, -0.2) is 33.2 Å². The lowest BCUT2D eigenvalue weighted by Gasteiger charge is -2.18. The molecule has 1 aromatic carbocycles. The van der Waals surface area contributed by atoms with Crippen LogP contribution in [0.2, 0.25) is 0 Å². The quantitative estimate of drug-likeness (QED) is 0.651. The number of rotatable bonds is 5. The molecule has 0 saturated carbocycles. The summed E-state index contributed by atoms with van der Waals surface area (Å²) in [5.74, 6) is 0.0236. The number of nitrogens with zero attached hydrogens (tertiary/aromatic N) is 4. The highest BCUT2D eigenvalue weighted by atomic mass is 32.2. The molecule has 1 unspecified atom stereocenters. The van der Waals surface area contributed by atoms with Crippen LogP contribution in [-0.2, 0) is 11.8 Å². The van der Waals surface area contributed by atoms with E-state index >= 15 is 0 Å². The van der Waals surface area contributed by atoms with Gasteiger partial charge in [-0.05, 0) is 35.3 Å². The van der Waals surface area contributed by atoms with E-state index in [0.29, 0.717) is 16.7 Å². The van der Waals surface area contributed by atoms with Crippen LogP contribution in [0.1, 0.15) is 0 Å². The van der Waals surface area contributed by atoms with Crippen molar-refractivity contribution in [2.24, 2.45) is 7.05 Å². The summed E-state index contributed by atoms with van der Waals surface area (Å²) in [6.07, 6.45) is 0. The highest BCUT2D eigenvalue weighted by Crippen LogP contribution is 2.29. The van der Waals surface area contributed by atoms with Gasteiger partial charge in [0.1, 0.15) is 0 Å². The van der Waals surface area contributed by atoms with Crippen LogP contribution in [0.15, 0.2) is 53.0 Å². The summed E-state index contributed by atoms with van der Waals surface area (Å²) in [4.78, 5) is 14.5. The van der Waals surface area contributed by atoms with Gasteiger partial charge in [-0.2, -0.15) is 0 Å². The maximum atomic E-state index is 14.4. The molecule has 0 N–H and O–H groups in total. The fourth-order valence-electron chi connectivity index (χ4n) is 2.11. The number of thioether (sulfide) groups is 1. The van der Waals surface area contributed by atoms with Crippen LogP contribution in [0.3, 0.4) is 0 Å². The second-order valence-electron chi connectivity index (χ2n) is 5.01. The minimum absolute atomic E-state index is 0.362. The second kappa shape index (κ2) is 7.14. The first-order chi connectivity index (χ1) is 11.6. The number of benzene rings is 1. The lowest BCUT2D eigenvalue weighted by atomic mass is 10.3. The molecule has 0 aliphatic rings. The zero-order valence-electron chi connectivity index (χ0n) is 13.1. The Balaban J connectivity index is 1.73. The number of anilines is 1. The summed E-state index contributed by atoms with van der Waals surface area (Å²) >= 11 is 2.28. The standard InChI is InChI=1S/C16H15FN4OS2/c1-20(11-7-4-3-5-8-11)15(22)13(17)24-16-19-18-14(21(16)2)12-9-6-10-23-12/h3-10,13H,1-2H3. The summed E-state index contributed by atoms with van der Waals surface area (Å²) in [5.41, 5.74) is -1.11. The lowest BCUT2D eigenvalue weighted by molar-refractivity contribution is -0.120. The van der Waals surface area contributed by atoms with E-state index < -0.39 is 11.4 Å². The first-order valence-electron chi connectivity index (χ1n) is 7.14. The van der Waals surface area contributed by atoms with Gasteiger partial charge in [-0.15, -0.1) is 21.5 Å². The number of hydrogen-bond acceptors (Lipinski definition) is 5. The van der Waals surface area contributed by atoms with Crippen molar-refractivity contribution in [3.8, 4) is 10.7 Å². The van der Waals surface area contributed by atoms with Crippen LogP contribution in [0.4, 0.5) is 10.1 Å². The van der Waals surface area contributed by atoms with Gasteiger partial charge in [-0.25, -0.2) is 4.39 Å². The van der Waals surface area contributed by atoms with Crippen molar-refractivity contribution in [1.82, 2.24) is 14.8 Å². The third kappa shape index (κ3) is 3.34. The molecule has 0 saturated heterocycles. The normalized spacial score (nSPS) is 12.1. The molecule has 1 atom stereocenters. The average Bonchev–Trinajstić information content (AvgIpc) is 3.25. The molecular weight excluding hydrogens is 347 g/mol. The van der Waals surface area contributed by atoms with Gasteiger partial charge in [0.25, 0.3) is 5.91 Å². The van der Waals surface area contributed by atoms with E-state index in [-0.39, 0.29) is 0 Å². The predicted molar refractivity (Wildman–Crippen MR) is 94.9 cm³/mol. The van der Waals surface area contributed by atoms with Crippen molar-refractivity contribution in [2.75, 3.05) is 11.9 Å². The van der Waals surface area contributed by atoms with Gasteiger partial charge in [0, 0.05) is 19.8 Å². The molecule has 3 aromatic rings. The number of para-hydroxylation sites is 1. The summed E-state index contributed by atoms with van der Waals surface area (Å²) in [6, 6.07) is 12.8. The molecule has 5 nitrogen and oxygen atoms in total. The zero-order chi connectivity index (χ0) is 17.1. The Hall–Kier alpha value is -2.19. The maximum Gasteiger partial charge on any atom is 0.272 e. The van der Waals surface area contributed by atoms with Crippen LogP contribution in [0.5, 0.6) is 0 Å². The van der Waals surface area contributed by atoms with Gasteiger partial charge in [0.05, 0.1) is 4.88 Å². The van der Waals surface area contributed by atoms with E-state index in [0.717, 1.165) is 16.6 Å². The fraction of sp³-hybridized carbons (Fsp3) is 0.188. The number of carbonyl (C=O) groups is 1. The molecule has 0 aliphatic heterocycles. The highest BCUT2D eigenvalue weighted by molar-refractivity contribution is 8.00. The molecule has 3 rings (SSSR count). The Bertz CT molecular complexity index is 820. The van der Waals surface area contributed by atoms with Gasteiger partial charge in [0.2, 0.25) is 5.50 Å². The Kier molecular flexibility index (Phi) is 4.96. The largest absolute Gasteiger partial charge is 0.312 e. The van der Waals surface area contributed by atoms with Crippen molar-refractivity contribution in [2.45, 2.75) is 10.7 Å². The summed E-state index contributed by atoms with van der Waals surface area (Å²) in [7, 11) is 3.31. The maximum absolute atomic E-state index is 14.4. The number of carbonyl (C=O) groups excluding carboxylic acids is 1. The van der Waals surface area contributed by atoms with Crippen molar-refractivity contribution in [3.05, 3.63) is 47.8 Å². The minimum Gasteiger partial charge on any atom is -0.312 e. The third-order valence-corrected chi connectivity index (χ3v) is 5.29. The van der Waals surface area contributed by atoms with Crippen LogP contribution in [0, 0.1) is 0 Å². The highest BCUT2D eigenvalue weighted by Gasteiger charge is 2.26. The van der Waals surface area contributed by atoms with Crippen LogP contribution in [0.25, 0.3) is 10.7 Å². The van der Waals surface area contributed by atoms with Crippen molar-refractivity contribution in [1.29, 1.82) is 0 Å². The molecular formula is C16H15FN4OS2. The molecule has 1 amide bonds. The third-order valence-electron chi connectivity index (χ3n) is 3.45. The average molecular weight is 362 g/mol. The van der Waals surface area contributed by atoms with Crippen LogP contribution >= 0.6 is 23.1 Å². The minimum atomic E-state index is -1.76. The summed E-state index contributed by atoms with van der Waals surface area (Å²) in [6.45, 7) is 0. The molecule has 8 heteroatoms. The van der Waals surface area contributed by atoms with Crippen molar-refractivity contribution < 1.29 is 9.18 Å². The first-order valence-corrected chi connectivity index (χ1v) is 8.90. The smallest absolute Gasteiger partial charge is 0.272 e. The second-order valence-corrected chi connectivity index (χ2v) is 6.97. The van der Waals surface area contributed by atoms with Gasteiger partial charge in [-0.1, -0.05) is 24.3 Å². The molecule has 0 fully saturated rings. The lowest BCUT2D eigenvalue weighted by Crippen LogP contribution is -2.32. The zero-order valence-corrected chi connectivity index (χ0v) is 14.7. The van der Waals surface area contributed by atoms with E-state index in [1.807, 2.05) is 23.6 Å². The molecule has 0 radical (unpaired) electrons. The van der Waals surface area contributed by atoms with E-state index in [1.54, 1.807) is 42.9 Å². The number of aromatic nitrogens is 3. The van der Waals surface area contributed by atoms with E-state index in [9.17, 15) is 9.18 Å².